The van der Waals surface area contributed by atoms with Crippen molar-refractivity contribution in [1.29, 1.82) is 0 Å². The van der Waals surface area contributed by atoms with Crippen LogP contribution in [0.1, 0.15) is 45.6 Å². The lowest BCUT2D eigenvalue weighted by Crippen LogP contribution is -2.15. The molecule has 9 heteroatoms. The van der Waals surface area contributed by atoms with E-state index < -0.39 is 15.8 Å². The van der Waals surface area contributed by atoms with Crippen LogP contribution in [0.25, 0.3) is 22.6 Å². The van der Waals surface area contributed by atoms with Gasteiger partial charge in [0.1, 0.15) is 6.61 Å². The minimum atomic E-state index is -0.516. The molecule has 0 radical (unpaired) electrons. The van der Waals surface area contributed by atoms with Gasteiger partial charge in [-0.3, -0.25) is 20.2 Å². The number of pyridine rings is 1. The predicted molar refractivity (Wildman–Crippen MR) is 138 cm³/mol. The van der Waals surface area contributed by atoms with Gasteiger partial charge in [-0.2, -0.15) is 0 Å². The standard InChI is InChI=1S/C28H21N3O6/c32-28(37-17-19-5-3-7-22(16-19)31(35)36)26-23-8-1-2-10-25(23)29-27-20(6-4-9-24(26)27)15-18-11-13-21(14-12-18)30(33)34/h1-3,5,7-8,10-16H,4,6,9,17H2. The Morgan fingerprint density at radius 3 is 2.43 bits per heavy atom. The molecule has 0 fully saturated rings. The van der Waals surface area contributed by atoms with Crippen LogP contribution in [0, 0.1) is 20.2 Å². The number of aromatic nitrogens is 1. The van der Waals surface area contributed by atoms with E-state index in [0.29, 0.717) is 34.1 Å². The van der Waals surface area contributed by atoms with Crippen LogP contribution in [-0.2, 0) is 17.8 Å². The number of non-ortho nitro benzene ring substituents is 2. The van der Waals surface area contributed by atoms with Gasteiger partial charge in [0, 0.05) is 29.7 Å². The largest absolute Gasteiger partial charge is 0.457 e. The lowest BCUT2D eigenvalue weighted by molar-refractivity contribution is -0.385. The number of nitro benzene ring substituents is 2. The highest BCUT2D eigenvalue weighted by Gasteiger charge is 2.26. The Morgan fingerprint density at radius 2 is 1.68 bits per heavy atom. The van der Waals surface area contributed by atoms with Gasteiger partial charge in [-0.25, -0.2) is 9.78 Å². The molecule has 37 heavy (non-hydrogen) atoms. The van der Waals surface area contributed by atoms with Gasteiger partial charge >= 0.3 is 5.97 Å². The van der Waals surface area contributed by atoms with Crippen LogP contribution in [0.5, 0.6) is 0 Å². The zero-order valence-corrected chi connectivity index (χ0v) is 19.6. The summed E-state index contributed by atoms with van der Waals surface area (Å²) in [7, 11) is 0. The summed E-state index contributed by atoms with van der Waals surface area (Å²) in [5, 5.41) is 22.8. The molecule has 1 aromatic heterocycles. The number of hydrogen-bond donors (Lipinski definition) is 0. The second-order valence-corrected chi connectivity index (χ2v) is 8.71. The molecular formula is C28H21N3O6. The Bertz CT molecular complexity index is 1580. The molecule has 1 aliphatic rings. The van der Waals surface area contributed by atoms with Gasteiger partial charge in [0.15, 0.2) is 0 Å². The lowest BCUT2D eigenvalue weighted by Gasteiger charge is -2.22. The molecule has 0 amide bonds. The zero-order chi connectivity index (χ0) is 25.9. The normalized spacial score (nSPS) is 13.8. The summed E-state index contributed by atoms with van der Waals surface area (Å²) in [6.45, 7) is -0.0998. The van der Waals surface area contributed by atoms with Crippen molar-refractivity contribution >= 4 is 39.9 Å². The second-order valence-electron chi connectivity index (χ2n) is 8.71. The van der Waals surface area contributed by atoms with E-state index in [1.54, 1.807) is 24.3 Å². The molecule has 184 valence electrons. The van der Waals surface area contributed by atoms with Crippen molar-refractivity contribution in [3.8, 4) is 0 Å². The first-order valence-corrected chi connectivity index (χ1v) is 11.7. The van der Waals surface area contributed by atoms with E-state index in [-0.39, 0.29) is 18.0 Å². The van der Waals surface area contributed by atoms with E-state index in [2.05, 4.69) is 0 Å². The summed E-state index contributed by atoms with van der Waals surface area (Å²) in [6.07, 6.45) is 4.14. The summed E-state index contributed by atoms with van der Waals surface area (Å²) in [6, 6.07) is 19.7. The van der Waals surface area contributed by atoms with Crippen LogP contribution in [-0.4, -0.2) is 20.8 Å². The molecule has 0 saturated heterocycles. The van der Waals surface area contributed by atoms with E-state index in [0.717, 1.165) is 29.5 Å². The number of nitrogens with zero attached hydrogens (tertiary/aromatic N) is 3. The number of rotatable bonds is 6. The first kappa shape index (κ1) is 23.8. The van der Waals surface area contributed by atoms with Gasteiger partial charge in [-0.1, -0.05) is 30.3 Å². The number of hydrogen-bond acceptors (Lipinski definition) is 7. The molecule has 0 saturated carbocycles. The van der Waals surface area contributed by atoms with Crippen molar-refractivity contribution in [3.05, 3.63) is 121 Å². The first-order chi connectivity index (χ1) is 17.9. The van der Waals surface area contributed by atoms with E-state index in [1.165, 1.54) is 24.3 Å². The number of carbonyl (C=O) groups is 1. The number of carbonyl (C=O) groups excluding carboxylic acids is 1. The third-order valence-electron chi connectivity index (χ3n) is 6.31. The smallest absolute Gasteiger partial charge is 0.339 e. The average Bonchev–Trinajstić information content (AvgIpc) is 2.91. The van der Waals surface area contributed by atoms with Gasteiger partial charge in [0.2, 0.25) is 0 Å². The van der Waals surface area contributed by atoms with E-state index in [1.807, 2.05) is 30.3 Å². The number of ether oxygens (including phenoxy) is 1. The summed E-state index contributed by atoms with van der Waals surface area (Å²) >= 11 is 0. The molecule has 1 aliphatic carbocycles. The minimum absolute atomic E-state index is 0.0177. The van der Waals surface area contributed by atoms with Gasteiger partial charge in [-0.05, 0) is 65.8 Å². The Balaban J connectivity index is 1.52. The summed E-state index contributed by atoms with van der Waals surface area (Å²) < 4.78 is 5.64. The molecule has 9 nitrogen and oxygen atoms in total. The van der Waals surface area contributed by atoms with Crippen LogP contribution in [0.3, 0.4) is 0 Å². The lowest BCUT2D eigenvalue weighted by atomic mass is 9.86. The minimum Gasteiger partial charge on any atom is -0.457 e. The predicted octanol–water partition coefficient (Wildman–Crippen LogP) is 6.29. The van der Waals surface area contributed by atoms with Crippen LogP contribution < -0.4 is 0 Å². The Morgan fingerprint density at radius 1 is 0.919 bits per heavy atom. The molecule has 0 atom stereocenters. The monoisotopic (exact) mass is 495 g/mol. The first-order valence-electron chi connectivity index (χ1n) is 11.7. The molecule has 1 heterocycles. The highest BCUT2D eigenvalue weighted by molar-refractivity contribution is 6.06. The third kappa shape index (κ3) is 4.92. The van der Waals surface area contributed by atoms with Crippen molar-refractivity contribution < 1.29 is 19.4 Å². The van der Waals surface area contributed by atoms with Crippen molar-refractivity contribution in [1.82, 2.24) is 4.98 Å². The maximum Gasteiger partial charge on any atom is 0.339 e. The van der Waals surface area contributed by atoms with Gasteiger partial charge in [0.25, 0.3) is 11.4 Å². The number of nitro groups is 2. The van der Waals surface area contributed by atoms with E-state index in [9.17, 15) is 25.0 Å². The number of esters is 1. The Kier molecular flexibility index (Phi) is 6.42. The van der Waals surface area contributed by atoms with Gasteiger partial charge < -0.3 is 4.74 Å². The van der Waals surface area contributed by atoms with Crippen molar-refractivity contribution in [2.24, 2.45) is 0 Å². The molecule has 0 N–H and O–H groups in total. The number of allylic oxidation sites excluding steroid dienone is 1. The summed E-state index contributed by atoms with van der Waals surface area (Å²) in [5.74, 6) is -0.516. The quantitative estimate of drug-likeness (QED) is 0.175. The molecule has 0 unspecified atom stereocenters. The summed E-state index contributed by atoms with van der Waals surface area (Å²) in [5.41, 5.74) is 4.82. The molecule has 0 bridgehead atoms. The molecular weight excluding hydrogens is 474 g/mol. The number of fused-ring (bicyclic) bond motifs is 2. The van der Waals surface area contributed by atoms with E-state index in [4.69, 9.17) is 9.72 Å². The molecule has 0 spiro atoms. The fourth-order valence-electron chi connectivity index (χ4n) is 4.58. The Labute approximate surface area is 211 Å². The Hall–Kier alpha value is -4.92. The highest BCUT2D eigenvalue weighted by atomic mass is 16.6. The van der Waals surface area contributed by atoms with Crippen molar-refractivity contribution in [2.75, 3.05) is 0 Å². The molecule has 5 rings (SSSR count). The maximum atomic E-state index is 13.4. The summed E-state index contributed by atoms with van der Waals surface area (Å²) in [4.78, 5) is 39.4. The van der Waals surface area contributed by atoms with E-state index >= 15 is 0 Å². The highest BCUT2D eigenvalue weighted by Crippen LogP contribution is 2.36. The topological polar surface area (TPSA) is 125 Å². The van der Waals surface area contributed by atoms with Gasteiger partial charge in [0.05, 0.1) is 26.6 Å². The van der Waals surface area contributed by atoms with Crippen LogP contribution in [0.2, 0.25) is 0 Å². The molecule has 0 aliphatic heterocycles. The molecule has 4 aromatic rings. The van der Waals surface area contributed by atoms with Crippen LogP contribution in [0.15, 0.2) is 72.8 Å². The fraction of sp³-hybridized carbons (Fsp3) is 0.143. The average molecular weight is 495 g/mol. The van der Waals surface area contributed by atoms with Crippen LogP contribution in [0.4, 0.5) is 11.4 Å². The molecule has 3 aromatic carbocycles. The van der Waals surface area contributed by atoms with Crippen LogP contribution >= 0.6 is 0 Å². The number of para-hydroxylation sites is 1. The zero-order valence-electron chi connectivity index (χ0n) is 19.6. The van der Waals surface area contributed by atoms with Crippen molar-refractivity contribution in [3.63, 3.8) is 0 Å². The maximum absolute atomic E-state index is 13.4. The fourth-order valence-corrected chi connectivity index (χ4v) is 4.58. The van der Waals surface area contributed by atoms with Crippen molar-refractivity contribution in [2.45, 2.75) is 25.9 Å². The third-order valence-corrected chi connectivity index (χ3v) is 6.31. The van der Waals surface area contributed by atoms with Gasteiger partial charge in [-0.15, -0.1) is 0 Å². The number of benzene rings is 3. The SMILES string of the molecule is O=C(OCc1cccc([N+](=O)[O-])c1)c1c2c(nc3ccccc13)C(=Cc1ccc([N+](=O)[O-])cc1)CCC2. The second kappa shape index (κ2) is 9.98.